The van der Waals surface area contributed by atoms with E-state index >= 15 is 0 Å². The fourth-order valence-corrected chi connectivity index (χ4v) is 3.08. The van der Waals surface area contributed by atoms with Crippen LogP contribution in [0.2, 0.25) is 0 Å². The quantitative estimate of drug-likeness (QED) is 0.790. The maximum absolute atomic E-state index is 12.9. The Morgan fingerprint density at radius 3 is 2.45 bits per heavy atom. The Morgan fingerprint density at radius 2 is 1.85 bits per heavy atom. The highest BCUT2D eigenvalue weighted by Crippen LogP contribution is 2.47. The molecule has 0 bridgehead atoms. The van der Waals surface area contributed by atoms with Crippen LogP contribution in [-0.4, -0.2) is 34.6 Å². The summed E-state index contributed by atoms with van der Waals surface area (Å²) in [6.45, 7) is 6.53. The van der Waals surface area contributed by atoms with Crippen molar-refractivity contribution in [2.45, 2.75) is 50.5 Å². The third-order valence-electron chi connectivity index (χ3n) is 4.55. The van der Waals surface area contributed by atoms with Gasteiger partial charge in [0.15, 0.2) is 5.79 Å². The number of hydrogen-bond acceptors (Lipinski definition) is 4. The molecule has 2 saturated heterocycles. The minimum absolute atomic E-state index is 0.409. The Bertz CT molecular complexity index is 481. The number of ether oxygens (including phenoxy) is 2. The molecule has 0 amide bonds. The molecule has 2 fully saturated rings. The standard InChI is InChI=1S/C15H21N2O3/c1-13(2)19-10-15(11-20-13)8-7-14(3,17(15)18)12-6-4-5-9-16-12/h4-6,9H,7-8,10-11H2,1-3H3. The zero-order valence-corrected chi connectivity index (χ0v) is 12.3. The molecular formula is C15H21N2O3. The molecule has 3 heterocycles. The van der Waals surface area contributed by atoms with Crippen LogP contribution >= 0.6 is 0 Å². The van der Waals surface area contributed by atoms with Crippen LogP contribution < -0.4 is 0 Å². The van der Waals surface area contributed by atoms with Crippen molar-refractivity contribution < 1.29 is 14.7 Å². The van der Waals surface area contributed by atoms with E-state index in [4.69, 9.17) is 9.47 Å². The van der Waals surface area contributed by atoms with E-state index in [1.54, 1.807) is 6.20 Å². The number of aromatic nitrogens is 1. The molecule has 0 N–H and O–H groups in total. The summed E-state index contributed by atoms with van der Waals surface area (Å²) in [5.41, 5.74) is -0.367. The largest absolute Gasteiger partial charge is 0.348 e. The van der Waals surface area contributed by atoms with E-state index in [-0.39, 0.29) is 0 Å². The van der Waals surface area contributed by atoms with Gasteiger partial charge >= 0.3 is 0 Å². The Kier molecular flexibility index (Phi) is 3.14. The van der Waals surface area contributed by atoms with E-state index in [2.05, 4.69) is 4.98 Å². The van der Waals surface area contributed by atoms with Gasteiger partial charge in [-0.25, -0.2) is 0 Å². The molecule has 109 valence electrons. The van der Waals surface area contributed by atoms with Crippen LogP contribution in [0.3, 0.4) is 0 Å². The summed E-state index contributed by atoms with van der Waals surface area (Å²) in [5.74, 6) is -0.601. The predicted molar refractivity (Wildman–Crippen MR) is 72.1 cm³/mol. The average Bonchev–Trinajstić information content (AvgIpc) is 2.70. The SMILES string of the molecule is CC1(C)OCC2(CCC(C)(c3ccccn3)N2[O])CO1. The molecule has 1 radical (unpaired) electrons. The van der Waals surface area contributed by atoms with E-state index in [0.717, 1.165) is 23.6 Å². The first-order valence-corrected chi connectivity index (χ1v) is 7.05. The summed E-state index contributed by atoms with van der Waals surface area (Å²) in [6, 6.07) is 5.70. The molecule has 5 nitrogen and oxygen atoms in total. The summed E-state index contributed by atoms with van der Waals surface area (Å²) >= 11 is 0. The Morgan fingerprint density at radius 1 is 1.15 bits per heavy atom. The molecule has 5 heteroatoms. The molecule has 0 aromatic carbocycles. The van der Waals surface area contributed by atoms with E-state index in [1.807, 2.05) is 39.0 Å². The van der Waals surface area contributed by atoms with Gasteiger partial charge in [0.1, 0.15) is 0 Å². The fraction of sp³-hybridized carbons (Fsp3) is 0.667. The number of hydrogen-bond donors (Lipinski definition) is 0. The van der Waals surface area contributed by atoms with Crippen LogP contribution in [0.15, 0.2) is 24.4 Å². The second-order valence-electron chi connectivity index (χ2n) is 6.48. The summed E-state index contributed by atoms with van der Waals surface area (Å²) in [7, 11) is 0. The number of pyridine rings is 1. The van der Waals surface area contributed by atoms with Crippen LogP contribution in [0.5, 0.6) is 0 Å². The third kappa shape index (κ3) is 2.05. The number of hydroxylamine groups is 2. The van der Waals surface area contributed by atoms with Crippen LogP contribution in [0, 0.1) is 0 Å². The van der Waals surface area contributed by atoms with E-state index in [1.165, 1.54) is 0 Å². The molecule has 2 aliphatic rings. The smallest absolute Gasteiger partial charge is 0.162 e. The minimum atomic E-state index is -0.602. The lowest BCUT2D eigenvalue weighted by Crippen LogP contribution is -2.59. The Labute approximate surface area is 119 Å². The van der Waals surface area contributed by atoms with Gasteiger partial charge in [0.25, 0.3) is 0 Å². The second-order valence-corrected chi connectivity index (χ2v) is 6.48. The first kappa shape index (κ1) is 13.9. The van der Waals surface area contributed by atoms with Gasteiger partial charge in [0.2, 0.25) is 0 Å². The van der Waals surface area contributed by atoms with Crippen molar-refractivity contribution in [2.24, 2.45) is 0 Å². The Hall–Kier alpha value is -1.01. The monoisotopic (exact) mass is 277 g/mol. The van der Waals surface area contributed by atoms with Gasteiger partial charge in [-0.1, -0.05) is 6.07 Å². The normalized spacial score (nSPS) is 32.6. The van der Waals surface area contributed by atoms with Crippen molar-refractivity contribution in [2.75, 3.05) is 13.2 Å². The first-order valence-electron chi connectivity index (χ1n) is 7.05. The van der Waals surface area contributed by atoms with Crippen molar-refractivity contribution >= 4 is 0 Å². The van der Waals surface area contributed by atoms with Crippen LogP contribution in [0.1, 0.15) is 39.3 Å². The van der Waals surface area contributed by atoms with Crippen molar-refractivity contribution in [3.63, 3.8) is 0 Å². The molecule has 1 atom stereocenters. The van der Waals surface area contributed by atoms with Gasteiger partial charge < -0.3 is 9.47 Å². The summed E-state index contributed by atoms with van der Waals surface area (Å²) in [4.78, 5) is 4.37. The zero-order chi connectivity index (χ0) is 14.4. The number of rotatable bonds is 1. The van der Waals surface area contributed by atoms with Gasteiger partial charge in [-0.3, -0.25) is 4.98 Å². The highest BCUT2D eigenvalue weighted by molar-refractivity contribution is 5.19. The van der Waals surface area contributed by atoms with Crippen molar-refractivity contribution in [3.8, 4) is 0 Å². The van der Waals surface area contributed by atoms with Crippen molar-refractivity contribution in [3.05, 3.63) is 30.1 Å². The van der Waals surface area contributed by atoms with Gasteiger partial charge in [0.05, 0.1) is 30.0 Å². The minimum Gasteiger partial charge on any atom is -0.348 e. The van der Waals surface area contributed by atoms with Crippen LogP contribution in [0.25, 0.3) is 0 Å². The van der Waals surface area contributed by atoms with E-state index in [0.29, 0.717) is 13.2 Å². The van der Waals surface area contributed by atoms with Gasteiger partial charge in [-0.15, -0.1) is 10.3 Å². The first-order chi connectivity index (χ1) is 9.38. The Balaban J connectivity index is 1.86. The summed E-state index contributed by atoms with van der Waals surface area (Å²) in [5, 5.41) is 14.1. The van der Waals surface area contributed by atoms with Crippen LogP contribution in [-0.2, 0) is 20.2 Å². The zero-order valence-electron chi connectivity index (χ0n) is 12.3. The molecule has 3 rings (SSSR count). The lowest BCUT2D eigenvalue weighted by Gasteiger charge is -2.45. The third-order valence-corrected chi connectivity index (χ3v) is 4.55. The predicted octanol–water partition coefficient (Wildman–Crippen LogP) is 2.26. The molecule has 2 aliphatic heterocycles. The maximum Gasteiger partial charge on any atom is 0.162 e. The molecule has 0 aliphatic carbocycles. The van der Waals surface area contributed by atoms with E-state index < -0.39 is 16.9 Å². The lowest BCUT2D eigenvalue weighted by molar-refractivity contribution is -0.346. The maximum atomic E-state index is 12.9. The summed E-state index contributed by atoms with van der Waals surface area (Å²) in [6.07, 6.45) is 3.26. The number of nitrogens with zero attached hydrogens (tertiary/aromatic N) is 2. The molecule has 1 aromatic rings. The van der Waals surface area contributed by atoms with Gasteiger partial charge in [-0.05, 0) is 45.7 Å². The fourth-order valence-electron chi connectivity index (χ4n) is 3.08. The highest BCUT2D eigenvalue weighted by Gasteiger charge is 2.57. The summed E-state index contributed by atoms with van der Waals surface area (Å²) < 4.78 is 11.4. The van der Waals surface area contributed by atoms with Crippen molar-refractivity contribution in [1.29, 1.82) is 0 Å². The van der Waals surface area contributed by atoms with E-state index in [9.17, 15) is 5.21 Å². The van der Waals surface area contributed by atoms with Crippen LogP contribution in [0.4, 0.5) is 0 Å². The molecule has 1 spiro atoms. The molecule has 20 heavy (non-hydrogen) atoms. The lowest BCUT2D eigenvalue weighted by atomic mass is 9.94. The molecule has 0 saturated carbocycles. The molecule has 1 unspecified atom stereocenters. The molecular weight excluding hydrogens is 256 g/mol. The van der Waals surface area contributed by atoms with Crippen molar-refractivity contribution in [1.82, 2.24) is 10.0 Å². The second kappa shape index (κ2) is 4.49. The molecule has 1 aromatic heterocycles. The van der Waals surface area contributed by atoms with Gasteiger partial charge in [0, 0.05) is 6.20 Å². The van der Waals surface area contributed by atoms with Gasteiger partial charge in [-0.2, -0.15) is 0 Å². The average molecular weight is 277 g/mol. The topological polar surface area (TPSA) is 54.5 Å². The highest BCUT2D eigenvalue weighted by atomic mass is 16.7.